The molecular weight excluding hydrogens is 1350 g/mol. The fourth-order valence-electron chi connectivity index (χ4n) is 18.7. The Balaban J connectivity index is 0.000000131. The van der Waals surface area contributed by atoms with E-state index >= 15 is 0 Å². The summed E-state index contributed by atoms with van der Waals surface area (Å²) >= 11 is 0. The fraction of sp³-hybridized carbons (Fsp3) is 0.370. The molecule has 0 saturated heterocycles. The molecule has 0 spiro atoms. The summed E-state index contributed by atoms with van der Waals surface area (Å²) in [6, 6.07) is 56.0. The molecule has 12 aromatic rings. The summed E-state index contributed by atoms with van der Waals surface area (Å²) in [5.74, 6) is 0. The highest BCUT2D eigenvalue weighted by atomic mass is 14.9. The van der Waals surface area contributed by atoms with E-state index < -0.39 is 0 Å². The van der Waals surface area contributed by atoms with E-state index in [9.17, 15) is 0 Å². The number of pyridine rings is 4. The van der Waals surface area contributed by atoms with Gasteiger partial charge in [0, 0.05) is 46.5 Å². The van der Waals surface area contributed by atoms with Gasteiger partial charge in [0.05, 0.1) is 22.3 Å². The number of aromatic nitrogens is 4. The molecule has 0 bridgehead atoms. The van der Waals surface area contributed by atoms with Crippen LogP contribution in [0.25, 0.3) is 89.5 Å². The first kappa shape index (κ1) is 80.4. The highest BCUT2D eigenvalue weighted by Crippen LogP contribution is 2.50. The molecule has 576 valence electrons. The quantitative estimate of drug-likeness (QED) is 0.135. The Morgan fingerprint density at radius 1 is 0.232 bits per heavy atom. The number of fused-ring (bicyclic) bond motifs is 12. The van der Waals surface area contributed by atoms with Crippen LogP contribution in [0.3, 0.4) is 0 Å². The molecule has 0 radical (unpaired) electrons. The van der Waals surface area contributed by atoms with Crippen LogP contribution in [-0.2, 0) is 79.6 Å². The van der Waals surface area contributed by atoms with Crippen molar-refractivity contribution in [1.29, 1.82) is 0 Å². The van der Waals surface area contributed by atoms with Crippen molar-refractivity contribution in [3.8, 4) is 89.5 Å². The van der Waals surface area contributed by atoms with Gasteiger partial charge in [0.25, 0.3) is 0 Å². The molecule has 0 atom stereocenters. The van der Waals surface area contributed by atoms with Crippen molar-refractivity contribution < 1.29 is 18.3 Å². The maximum Gasteiger partial charge on any atom is 0.213 e. The second kappa shape index (κ2) is 30.7. The average molecular weight is 1480 g/mol. The molecule has 4 aliphatic rings. The zero-order chi connectivity index (χ0) is 80.9. The van der Waals surface area contributed by atoms with Crippen LogP contribution in [0.4, 0.5) is 0 Å². The number of aryl methyl sites for hydroxylation is 16. The number of hydrogen-bond acceptors (Lipinski definition) is 0. The van der Waals surface area contributed by atoms with Gasteiger partial charge in [-0.3, -0.25) is 0 Å². The van der Waals surface area contributed by atoms with Gasteiger partial charge in [-0.25, -0.2) is 18.3 Å². The number of nitrogens with zero attached hydrogens (tertiary/aromatic N) is 4. The molecule has 0 saturated carbocycles. The molecule has 0 N–H and O–H groups in total. The molecule has 4 aromatic heterocycles. The molecule has 0 fully saturated rings. The van der Waals surface area contributed by atoms with E-state index in [4.69, 9.17) is 0 Å². The normalized spacial score (nSPS) is 12.8. The first-order chi connectivity index (χ1) is 52.6. The first-order valence-electron chi connectivity index (χ1n) is 41.4. The van der Waals surface area contributed by atoms with Crippen molar-refractivity contribution in [3.05, 3.63) is 304 Å². The van der Waals surface area contributed by atoms with E-state index in [1.807, 2.05) is 0 Å². The Bertz CT molecular complexity index is 5720. The van der Waals surface area contributed by atoms with Gasteiger partial charge < -0.3 is 0 Å². The monoisotopic (exact) mass is 1480 g/mol. The maximum absolute atomic E-state index is 2.44. The molecule has 4 heterocycles. The number of hydrogen-bond donors (Lipinski definition) is 0. The van der Waals surface area contributed by atoms with Crippen LogP contribution in [0.1, 0.15) is 217 Å². The van der Waals surface area contributed by atoms with Gasteiger partial charge in [-0.15, -0.1) is 0 Å². The van der Waals surface area contributed by atoms with Gasteiger partial charge in [0.1, 0.15) is 28.2 Å². The second-order valence-electron chi connectivity index (χ2n) is 39.2. The Morgan fingerprint density at radius 3 is 0.991 bits per heavy atom. The van der Waals surface area contributed by atoms with Gasteiger partial charge in [0.15, 0.2) is 24.8 Å². The fourth-order valence-corrected chi connectivity index (χ4v) is 18.7. The van der Waals surface area contributed by atoms with Gasteiger partial charge >= 0.3 is 0 Å². The lowest BCUT2D eigenvalue weighted by atomic mass is 9.84. The predicted octanol–water partition coefficient (Wildman–Crippen LogP) is 25.1. The predicted molar refractivity (Wildman–Crippen MR) is 475 cm³/mol. The lowest BCUT2D eigenvalue weighted by Crippen LogP contribution is -2.32. The molecule has 4 aliphatic carbocycles. The van der Waals surface area contributed by atoms with Crippen LogP contribution in [0.5, 0.6) is 0 Å². The average Bonchev–Trinajstić information content (AvgIpc) is 1.60. The SMILES string of the molecule is Cc1cc(-c2c(C)ccc3c2Cc2c(CC(C)(C)C)cccc2-3)[n+](C)cc1C.Cc1cc(-c2c(C)ccc3c2Cc2cc(CC(C)(C)C)ccc2-3)[n+](C)cc1C.Cc1cc(-c2c(C)ccc3c2Cc2ccc(CC(C)(C)C)cc2-3)[n+](C)cc1C.Cc1cc(-c2c(C)ccc3c2Cc2cccc(CC(C)(C)C)c2-3)[n+](C)cc1C. The molecular formula is C108H128N4+4. The molecule has 0 aliphatic heterocycles. The van der Waals surface area contributed by atoms with Crippen LogP contribution >= 0.6 is 0 Å². The van der Waals surface area contributed by atoms with E-state index in [0.29, 0.717) is 16.2 Å². The van der Waals surface area contributed by atoms with E-state index in [0.717, 1.165) is 51.4 Å². The van der Waals surface area contributed by atoms with Crippen molar-refractivity contribution in [1.82, 2.24) is 0 Å². The lowest BCUT2D eigenvalue weighted by molar-refractivity contribution is -0.660. The Kier molecular flexibility index (Phi) is 22.0. The third-order valence-corrected chi connectivity index (χ3v) is 24.4. The minimum Gasteiger partial charge on any atom is -0.201 e. The zero-order valence-corrected chi connectivity index (χ0v) is 73.6. The van der Waals surface area contributed by atoms with Gasteiger partial charge in [-0.1, -0.05) is 204 Å². The molecule has 8 aromatic carbocycles. The highest BCUT2D eigenvalue weighted by molar-refractivity contribution is 5.90. The van der Waals surface area contributed by atoms with Crippen LogP contribution in [0, 0.1) is 105 Å². The summed E-state index contributed by atoms with van der Waals surface area (Å²) < 4.78 is 9.17. The summed E-state index contributed by atoms with van der Waals surface area (Å²) in [4.78, 5) is 0. The summed E-state index contributed by atoms with van der Waals surface area (Å²) in [5, 5.41) is 0. The first-order valence-corrected chi connectivity index (χ1v) is 41.4. The van der Waals surface area contributed by atoms with Crippen LogP contribution in [0.15, 0.2) is 170 Å². The van der Waals surface area contributed by atoms with Gasteiger partial charge in [-0.05, 0) is 312 Å². The van der Waals surface area contributed by atoms with Gasteiger partial charge in [0.2, 0.25) is 22.8 Å². The molecule has 112 heavy (non-hydrogen) atoms. The Labute approximate surface area is 674 Å². The van der Waals surface area contributed by atoms with Crippen molar-refractivity contribution in [2.45, 2.75) is 218 Å². The molecule has 0 amide bonds. The summed E-state index contributed by atoms with van der Waals surface area (Å²) in [7, 11) is 8.69. The van der Waals surface area contributed by atoms with Crippen molar-refractivity contribution >= 4 is 0 Å². The topological polar surface area (TPSA) is 15.5 Å². The lowest BCUT2D eigenvalue weighted by Gasteiger charge is -2.21. The zero-order valence-electron chi connectivity index (χ0n) is 73.6. The van der Waals surface area contributed by atoms with Crippen molar-refractivity contribution in [2.24, 2.45) is 49.9 Å². The van der Waals surface area contributed by atoms with Crippen molar-refractivity contribution in [3.63, 3.8) is 0 Å². The third kappa shape index (κ3) is 16.6. The molecule has 0 unspecified atom stereocenters. The Morgan fingerprint density at radius 2 is 0.554 bits per heavy atom. The molecule has 4 nitrogen and oxygen atoms in total. The summed E-state index contributed by atoms with van der Waals surface area (Å²) in [5.41, 5.74) is 57.7. The summed E-state index contributed by atoms with van der Waals surface area (Å²) in [6.07, 6.45) is 17.6. The van der Waals surface area contributed by atoms with E-state index in [1.54, 1.807) is 0 Å². The largest absolute Gasteiger partial charge is 0.213 e. The smallest absolute Gasteiger partial charge is 0.201 e. The van der Waals surface area contributed by atoms with Crippen LogP contribution in [-0.4, -0.2) is 0 Å². The van der Waals surface area contributed by atoms with Crippen LogP contribution in [0.2, 0.25) is 0 Å². The van der Waals surface area contributed by atoms with Crippen LogP contribution < -0.4 is 18.3 Å². The third-order valence-electron chi connectivity index (χ3n) is 24.4. The standard InChI is InChI=1S/4C27H32N/c1-17-8-11-22-23-13-20(15-27(4,5)6)9-10-21(23)14-24(22)26(17)25-12-18(2)19(3)16-28(25)7;1-17-8-10-23-22-11-9-20(15-27(4,5)6)13-21(22)14-24(23)26(17)25-12-18(2)19(3)16-28(25)7;1-17-11-12-22-21-10-8-9-20(15-27(4,5)6)23(21)14-24(22)26(17)25-13-18(2)19(3)16-28(25)7;1-17-11-12-22-23(25(17)24-13-18(2)19(3)16-28(24)7)14-20-9-8-10-21(26(20)22)15-27(4,5)6/h4*8-13,16H,14-15H2,1-7H3/q4*+1. The Hall–Kier alpha value is -9.64. The van der Waals surface area contributed by atoms with Crippen molar-refractivity contribution in [2.75, 3.05) is 0 Å². The second-order valence-corrected chi connectivity index (χ2v) is 39.2. The number of rotatable bonds is 8. The highest BCUT2D eigenvalue weighted by Gasteiger charge is 2.34. The number of benzene rings is 8. The maximum atomic E-state index is 2.44. The molecule has 4 heteroatoms. The van der Waals surface area contributed by atoms with E-state index in [2.05, 4.69) is 383 Å². The summed E-state index contributed by atoms with van der Waals surface area (Å²) in [6.45, 7) is 54.5. The minimum atomic E-state index is 0.284. The van der Waals surface area contributed by atoms with E-state index in [1.165, 1.54) is 223 Å². The minimum absolute atomic E-state index is 0.284. The van der Waals surface area contributed by atoms with Gasteiger partial charge in [-0.2, -0.15) is 0 Å². The molecule has 16 rings (SSSR count). The van der Waals surface area contributed by atoms with E-state index in [-0.39, 0.29) is 5.41 Å².